The maximum atomic E-state index is 12.8. The molecule has 9 nitrogen and oxygen atoms in total. The molecule has 3 rings (SSSR count). The van der Waals surface area contributed by atoms with E-state index in [0.717, 1.165) is 43.9 Å². The van der Waals surface area contributed by atoms with Gasteiger partial charge < -0.3 is 19.9 Å². The molecule has 0 saturated carbocycles. The minimum absolute atomic E-state index is 0.0638. The van der Waals surface area contributed by atoms with Crippen LogP contribution in [-0.4, -0.2) is 72.0 Å². The highest BCUT2D eigenvalue weighted by molar-refractivity contribution is 5.82. The van der Waals surface area contributed by atoms with E-state index >= 15 is 0 Å². The number of amides is 1. The number of piperidine rings is 1. The molecule has 1 N–H and O–H groups in total. The quantitative estimate of drug-likeness (QED) is 0.321. The van der Waals surface area contributed by atoms with E-state index in [4.69, 9.17) is 9.73 Å². The number of non-ortho nitro benzene ring substituents is 1. The lowest BCUT2D eigenvalue weighted by atomic mass is 9.95. The Labute approximate surface area is 183 Å². The van der Waals surface area contributed by atoms with Gasteiger partial charge in [0.1, 0.15) is 0 Å². The van der Waals surface area contributed by atoms with E-state index in [1.165, 1.54) is 12.1 Å². The van der Waals surface area contributed by atoms with E-state index in [9.17, 15) is 14.9 Å². The Hall–Kier alpha value is -2.68. The lowest BCUT2D eigenvalue weighted by Crippen LogP contribution is -2.51. The van der Waals surface area contributed by atoms with Gasteiger partial charge in [0.2, 0.25) is 5.91 Å². The predicted octanol–water partition coefficient (Wildman–Crippen LogP) is 2.41. The van der Waals surface area contributed by atoms with Crippen molar-refractivity contribution in [2.75, 3.05) is 39.4 Å². The number of morpholine rings is 1. The number of nitro groups is 1. The molecule has 1 aromatic carbocycles. The van der Waals surface area contributed by atoms with Crippen LogP contribution in [0.25, 0.3) is 0 Å². The lowest BCUT2D eigenvalue weighted by Gasteiger charge is -2.37. The van der Waals surface area contributed by atoms with Gasteiger partial charge in [-0.05, 0) is 31.7 Å². The van der Waals surface area contributed by atoms with E-state index in [1.807, 2.05) is 4.90 Å². The Kier molecular flexibility index (Phi) is 8.22. The fourth-order valence-corrected chi connectivity index (χ4v) is 3.83. The minimum atomic E-state index is -0.398. The van der Waals surface area contributed by atoms with Crippen LogP contribution in [0.15, 0.2) is 29.3 Å². The van der Waals surface area contributed by atoms with Crippen molar-refractivity contribution >= 4 is 17.6 Å². The minimum Gasteiger partial charge on any atom is -0.378 e. The molecular weight excluding hydrogens is 398 g/mol. The van der Waals surface area contributed by atoms with Crippen molar-refractivity contribution in [1.29, 1.82) is 0 Å². The fourth-order valence-electron chi connectivity index (χ4n) is 3.83. The molecule has 31 heavy (non-hydrogen) atoms. The number of aliphatic imine (C=N–C) groups is 1. The van der Waals surface area contributed by atoms with Crippen molar-refractivity contribution in [2.45, 2.75) is 45.7 Å². The number of nitrogens with zero attached hydrogens (tertiary/aromatic N) is 4. The van der Waals surface area contributed by atoms with Crippen LogP contribution in [0, 0.1) is 16.0 Å². The number of carbonyl (C=O) groups excluding carboxylic acids is 1. The highest BCUT2D eigenvalue weighted by Gasteiger charge is 2.30. The van der Waals surface area contributed by atoms with E-state index in [1.54, 1.807) is 12.1 Å². The number of ether oxygens (including phenoxy) is 1. The summed E-state index contributed by atoms with van der Waals surface area (Å²) in [7, 11) is 0. The summed E-state index contributed by atoms with van der Waals surface area (Å²) >= 11 is 0. The number of hydrogen-bond acceptors (Lipinski definition) is 5. The van der Waals surface area contributed by atoms with Gasteiger partial charge >= 0.3 is 0 Å². The van der Waals surface area contributed by atoms with Crippen LogP contribution in [0.1, 0.15) is 38.7 Å². The average molecular weight is 432 g/mol. The Morgan fingerprint density at radius 1 is 1.19 bits per heavy atom. The molecule has 2 saturated heterocycles. The van der Waals surface area contributed by atoms with E-state index < -0.39 is 4.92 Å². The first-order valence-electron chi connectivity index (χ1n) is 11.1. The zero-order chi connectivity index (χ0) is 22.2. The highest BCUT2D eigenvalue weighted by Crippen LogP contribution is 2.21. The van der Waals surface area contributed by atoms with Crippen molar-refractivity contribution in [1.82, 2.24) is 15.1 Å². The summed E-state index contributed by atoms with van der Waals surface area (Å²) in [4.78, 5) is 32.2. The van der Waals surface area contributed by atoms with Gasteiger partial charge in [0.05, 0.1) is 24.7 Å². The molecule has 9 heteroatoms. The number of benzene rings is 1. The monoisotopic (exact) mass is 431 g/mol. The molecule has 1 atom stereocenters. The molecule has 0 aliphatic carbocycles. The predicted molar refractivity (Wildman–Crippen MR) is 119 cm³/mol. The summed E-state index contributed by atoms with van der Waals surface area (Å²) in [6.07, 6.45) is 2.60. The number of likely N-dealkylation sites (tertiary alicyclic amines) is 1. The molecular formula is C22H33N5O4. The third kappa shape index (κ3) is 6.40. The van der Waals surface area contributed by atoms with Crippen LogP contribution in [0.5, 0.6) is 0 Å². The Balaban J connectivity index is 1.61. The number of hydrogen-bond donors (Lipinski definition) is 1. The molecule has 2 aliphatic heterocycles. The summed E-state index contributed by atoms with van der Waals surface area (Å²) in [5.41, 5.74) is 1.00. The zero-order valence-corrected chi connectivity index (χ0v) is 18.5. The summed E-state index contributed by atoms with van der Waals surface area (Å²) < 4.78 is 5.36. The molecule has 0 radical (unpaired) electrons. The van der Waals surface area contributed by atoms with Gasteiger partial charge in [-0.2, -0.15) is 0 Å². The summed E-state index contributed by atoms with van der Waals surface area (Å²) in [5, 5.41) is 14.3. The number of carbonyl (C=O) groups is 1. The molecule has 1 aromatic rings. The van der Waals surface area contributed by atoms with Crippen LogP contribution < -0.4 is 5.32 Å². The number of nitrogens with one attached hydrogen (secondary N) is 1. The standard InChI is InChI=1S/C22H33N5O4/c1-3-17(2)24-22(23-16-18-4-6-20(7-5-18)27(29)30)26-10-8-19(9-11-26)21(28)25-12-14-31-15-13-25/h4-7,17,19H,3,8-16H2,1-2H3,(H,23,24). The molecule has 1 unspecified atom stereocenters. The smallest absolute Gasteiger partial charge is 0.269 e. The maximum Gasteiger partial charge on any atom is 0.269 e. The van der Waals surface area contributed by atoms with E-state index in [-0.39, 0.29) is 23.6 Å². The third-order valence-electron chi connectivity index (χ3n) is 6.01. The van der Waals surface area contributed by atoms with Gasteiger partial charge in [0.15, 0.2) is 5.96 Å². The molecule has 2 fully saturated rings. The molecule has 170 valence electrons. The van der Waals surface area contributed by atoms with Gasteiger partial charge in [-0.25, -0.2) is 4.99 Å². The highest BCUT2D eigenvalue weighted by atomic mass is 16.6. The van der Waals surface area contributed by atoms with E-state index in [2.05, 4.69) is 24.1 Å². The van der Waals surface area contributed by atoms with Crippen LogP contribution in [0.4, 0.5) is 5.69 Å². The average Bonchev–Trinajstić information content (AvgIpc) is 2.82. The van der Waals surface area contributed by atoms with Gasteiger partial charge in [0.25, 0.3) is 5.69 Å². The second-order valence-corrected chi connectivity index (χ2v) is 8.22. The van der Waals surface area contributed by atoms with Crippen molar-refractivity contribution in [3.63, 3.8) is 0 Å². The summed E-state index contributed by atoms with van der Waals surface area (Å²) in [5.74, 6) is 1.15. The van der Waals surface area contributed by atoms with Gasteiger partial charge in [-0.1, -0.05) is 19.1 Å². The third-order valence-corrected chi connectivity index (χ3v) is 6.01. The van der Waals surface area contributed by atoms with E-state index in [0.29, 0.717) is 32.8 Å². The lowest BCUT2D eigenvalue weighted by molar-refractivity contribution is -0.384. The largest absolute Gasteiger partial charge is 0.378 e. The molecule has 0 aromatic heterocycles. The van der Waals surface area contributed by atoms with Crippen molar-refractivity contribution < 1.29 is 14.5 Å². The normalized spacial score (nSPS) is 19.2. The SMILES string of the molecule is CCC(C)NC(=NCc1ccc([N+](=O)[O-])cc1)N1CCC(C(=O)N2CCOCC2)CC1. The molecule has 0 spiro atoms. The van der Waals surface area contributed by atoms with Gasteiger partial charge in [0, 0.05) is 50.3 Å². The topological polar surface area (TPSA) is 100 Å². The second kappa shape index (κ2) is 11.1. The summed E-state index contributed by atoms with van der Waals surface area (Å²) in [6, 6.07) is 6.79. The molecule has 1 amide bonds. The first-order chi connectivity index (χ1) is 15.0. The first-order valence-corrected chi connectivity index (χ1v) is 11.1. The molecule has 0 bridgehead atoms. The Morgan fingerprint density at radius 2 is 1.84 bits per heavy atom. The number of nitro benzene ring substituents is 1. The molecule has 2 aliphatic rings. The van der Waals surface area contributed by atoms with Gasteiger partial charge in [-0.3, -0.25) is 14.9 Å². The fraction of sp³-hybridized carbons (Fsp3) is 0.636. The van der Waals surface area contributed by atoms with Crippen molar-refractivity contribution in [3.05, 3.63) is 39.9 Å². The van der Waals surface area contributed by atoms with Crippen molar-refractivity contribution in [3.8, 4) is 0 Å². The van der Waals surface area contributed by atoms with Crippen LogP contribution in [0.3, 0.4) is 0 Å². The number of rotatable bonds is 6. The maximum absolute atomic E-state index is 12.8. The van der Waals surface area contributed by atoms with Crippen LogP contribution in [0.2, 0.25) is 0 Å². The zero-order valence-electron chi connectivity index (χ0n) is 18.5. The molecule has 2 heterocycles. The first kappa shape index (κ1) is 23.0. The van der Waals surface area contributed by atoms with Crippen LogP contribution in [-0.2, 0) is 16.1 Å². The van der Waals surface area contributed by atoms with Crippen molar-refractivity contribution in [2.24, 2.45) is 10.9 Å². The second-order valence-electron chi connectivity index (χ2n) is 8.22. The number of guanidine groups is 1. The van der Waals surface area contributed by atoms with Crippen LogP contribution >= 0.6 is 0 Å². The summed E-state index contributed by atoms with van der Waals surface area (Å²) in [6.45, 7) is 8.89. The Morgan fingerprint density at radius 3 is 2.42 bits per heavy atom. The van der Waals surface area contributed by atoms with Gasteiger partial charge in [-0.15, -0.1) is 0 Å². The Bertz CT molecular complexity index is 769.